The van der Waals surface area contributed by atoms with Gasteiger partial charge in [-0.15, -0.1) is 0 Å². The number of rotatable bonds is 4. The molecule has 0 fully saturated rings. The van der Waals surface area contributed by atoms with Crippen LogP contribution in [-0.2, 0) is 17.8 Å². The first kappa shape index (κ1) is 14.3. The number of carbonyl (C=O) groups excluding carboxylic acids is 1. The summed E-state index contributed by atoms with van der Waals surface area (Å²) in [6.45, 7) is 3.77. The SMILES string of the molecule is CCc1cc(C)c(F)c(C(=O)OCc2ccccc2)c1. The van der Waals surface area contributed by atoms with E-state index in [-0.39, 0.29) is 12.2 Å². The molecule has 2 rings (SSSR count). The predicted octanol–water partition coefficient (Wildman–Crippen LogP) is 4.05. The maximum atomic E-state index is 14.0. The minimum atomic E-state index is -0.621. The van der Waals surface area contributed by atoms with Crippen LogP contribution in [-0.4, -0.2) is 5.97 Å². The van der Waals surface area contributed by atoms with Gasteiger partial charge < -0.3 is 4.74 Å². The van der Waals surface area contributed by atoms with E-state index in [2.05, 4.69) is 0 Å². The average Bonchev–Trinajstić information content (AvgIpc) is 2.48. The van der Waals surface area contributed by atoms with Crippen molar-refractivity contribution in [1.29, 1.82) is 0 Å². The second-order valence-electron chi connectivity index (χ2n) is 4.69. The Morgan fingerprint density at radius 1 is 1.15 bits per heavy atom. The van der Waals surface area contributed by atoms with E-state index in [0.29, 0.717) is 5.56 Å². The van der Waals surface area contributed by atoms with Gasteiger partial charge in [-0.05, 0) is 36.1 Å². The van der Waals surface area contributed by atoms with Crippen LogP contribution in [0.5, 0.6) is 0 Å². The molecule has 3 heteroatoms. The first-order chi connectivity index (χ1) is 9.61. The summed E-state index contributed by atoms with van der Waals surface area (Å²) in [5, 5.41) is 0. The predicted molar refractivity (Wildman–Crippen MR) is 76.1 cm³/mol. The van der Waals surface area contributed by atoms with E-state index in [4.69, 9.17) is 4.74 Å². The molecule has 2 nitrogen and oxygen atoms in total. The van der Waals surface area contributed by atoms with Crippen LogP contribution < -0.4 is 0 Å². The highest BCUT2D eigenvalue weighted by Gasteiger charge is 2.16. The van der Waals surface area contributed by atoms with Crippen LogP contribution in [0.25, 0.3) is 0 Å². The Kier molecular flexibility index (Phi) is 4.51. The van der Waals surface area contributed by atoms with Gasteiger partial charge in [0, 0.05) is 0 Å². The molecule has 2 aromatic rings. The molecule has 0 heterocycles. The van der Waals surface area contributed by atoms with Gasteiger partial charge in [0.1, 0.15) is 12.4 Å². The van der Waals surface area contributed by atoms with Crippen LogP contribution in [0.15, 0.2) is 42.5 Å². The van der Waals surface area contributed by atoms with Gasteiger partial charge in [-0.2, -0.15) is 0 Å². The van der Waals surface area contributed by atoms with Gasteiger partial charge in [0.2, 0.25) is 0 Å². The number of hydrogen-bond donors (Lipinski definition) is 0. The summed E-state index contributed by atoms with van der Waals surface area (Å²) >= 11 is 0. The molecular formula is C17H17FO2. The second-order valence-corrected chi connectivity index (χ2v) is 4.69. The molecule has 0 aliphatic carbocycles. The molecule has 0 bridgehead atoms. The second kappa shape index (κ2) is 6.33. The molecule has 0 spiro atoms. The van der Waals surface area contributed by atoms with Gasteiger partial charge >= 0.3 is 5.97 Å². The third-order valence-corrected chi connectivity index (χ3v) is 3.16. The van der Waals surface area contributed by atoms with Crippen molar-refractivity contribution in [3.8, 4) is 0 Å². The highest BCUT2D eigenvalue weighted by molar-refractivity contribution is 5.90. The van der Waals surface area contributed by atoms with E-state index < -0.39 is 11.8 Å². The molecule has 2 aromatic carbocycles. The smallest absolute Gasteiger partial charge is 0.341 e. The summed E-state index contributed by atoms with van der Waals surface area (Å²) in [6.07, 6.45) is 0.750. The molecule has 20 heavy (non-hydrogen) atoms. The van der Waals surface area contributed by atoms with Gasteiger partial charge in [0.05, 0.1) is 5.56 Å². The van der Waals surface area contributed by atoms with Gasteiger partial charge in [-0.1, -0.05) is 43.3 Å². The first-order valence-corrected chi connectivity index (χ1v) is 6.62. The molecule has 104 valence electrons. The average molecular weight is 272 g/mol. The maximum Gasteiger partial charge on any atom is 0.341 e. The zero-order valence-corrected chi connectivity index (χ0v) is 11.7. The number of hydrogen-bond acceptors (Lipinski definition) is 2. The van der Waals surface area contributed by atoms with Gasteiger partial charge in [-0.25, -0.2) is 9.18 Å². The summed E-state index contributed by atoms with van der Waals surface area (Å²) in [7, 11) is 0. The third kappa shape index (κ3) is 3.23. The maximum absolute atomic E-state index is 14.0. The molecule has 0 aromatic heterocycles. The lowest BCUT2D eigenvalue weighted by molar-refractivity contribution is 0.0467. The lowest BCUT2D eigenvalue weighted by Gasteiger charge is -2.09. The summed E-state index contributed by atoms with van der Waals surface area (Å²) in [6, 6.07) is 12.7. The quantitative estimate of drug-likeness (QED) is 0.785. The van der Waals surface area contributed by atoms with Crippen LogP contribution in [0.2, 0.25) is 0 Å². The summed E-state index contributed by atoms with van der Waals surface area (Å²) in [5.74, 6) is -1.12. The third-order valence-electron chi connectivity index (χ3n) is 3.16. The van der Waals surface area contributed by atoms with Crippen LogP contribution in [0.3, 0.4) is 0 Å². The van der Waals surface area contributed by atoms with Crippen molar-refractivity contribution < 1.29 is 13.9 Å². The molecule has 0 radical (unpaired) electrons. The Balaban J connectivity index is 2.15. The van der Waals surface area contributed by atoms with E-state index in [1.807, 2.05) is 37.3 Å². The van der Waals surface area contributed by atoms with Crippen molar-refractivity contribution in [3.63, 3.8) is 0 Å². The topological polar surface area (TPSA) is 26.3 Å². The molecule has 0 saturated heterocycles. The van der Waals surface area contributed by atoms with E-state index in [0.717, 1.165) is 17.5 Å². The Bertz CT molecular complexity index is 606. The Morgan fingerprint density at radius 3 is 2.50 bits per heavy atom. The molecule has 0 atom stereocenters. The van der Waals surface area contributed by atoms with Crippen molar-refractivity contribution in [2.75, 3.05) is 0 Å². The largest absolute Gasteiger partial charge is 0.457 e. The van der Waals surface area contributed by atoms with Crippen LogP contribution >= 0.6 is 0 Å². The summed E-state index contributed by atoms with van der Waals surface area (Å²) in [4.78, 5) is 12.0. The Hall–Kier alpha value is -2.16. The summed E-state index contributed by atoms with van der Waals surface area (Å²) in [5.41, 5.74) is 2.29. The zero-order chi connectivity index (χ0) is 14.5. The normalized spacial score (nSPS) is 10.3. The van der Waals surface area contributed by atoms with Crippen LogP contribution in [0.4, 0.5) is 4.39 Å². The number of ether oxygens (including phenoxy) is 1. The van der Waals surface area contributed by atoms with Gasteiger partial charge in [0.15, 0.2) is 0 Å². The molecule has 0 unspecified atom stereocenters. The van der Waals surface area contributed by atoms with E-state index >= 15 is 0 Å². The van der Waals surface area contributed by atoms with Crippen molar-refractivity contribution in [1.82, 2.24) is 0 Å². The zero-order valence-electron chi connectivity index (χ0n) is 11.7. The molecule has 0 amide bonds. The summed E-state index contributed by atoms with van der Waals surface area (Å²) < 4.78 is 19.2. The van der Waals surface area contributed by atoms with Gasteiger partial charge in [-0.3, -0.25) is 0 Å². The number of esters is 1. The molecular weight excluding hydrogens is 255 g/mol. The number of aryl methyl sites for hydroxylation is 2. The minimum absolute atomic E-state index is 0.0118. The lowest BCUT2D eigenvalue weighted by atomic mass is 10.0. The monoisotopic (exact) mass is 272 g/mol. The Morgan fingerprint density at radius 2 is 1.85 bits per heavy atom. The fraction of sp³-hybridized carbons (Fsp3) is 0.235. The van der Waals surface area contributed by atoms with Crippen molar-refractivity contribution in [2.24, 2.45) is 0 Å². The lowest BCUT2D eigenvalue weighted by Crippen LogP contribution is -2.09. The van der Waals surface area contributed by atoms with Gasteiger partial charge in [0.25, 0.3) is 0 Å². The van der Waals surface area contributed by atoms with Crippen LogP contribution in [0.1, 0.15) is 34.0 Å². The van der Waals surface area contributed by atoms with E-state index in [9.17, 15) is 9.18 Å². The number of halogens is 1. The molecule has 0 aliphatic heterocycles. The Labute approximate surface area is 118 Å². The molecule has 0 N–H and O–H groups in total. The number of benzene rings is 2. The highest BCUT2D eigenvalue weighted by Crippen LogP contribution is 2.18. The molecule has 0 saturated carbocycles. The fourth-order valence-electron chi connectivity index (χ4n) is 2.00. The standard InChI is InChI=1S/C17H17FO2/c1-3-13-9-12(2)16(18)15(10-13)17(19)20-11-14-7-5-4-6-8-14/h4-10H,3,11H2,1-2H3. The highest BCUT2D eigenvalue weighted by atomic mass is 19.1. The fourth-order valence-corrected chi connectivity index (χ4v) is 2.00. The molecule has 0 aliphatic rings. The van der Waals surface area contributed by atoms with Crippen molar-refractivity contribution >= 4 is 5.97 Å². The van der Waals surface area contributed by atoms with Crippen LogP contribution in [0, 0.1) is 12.7 Å². The minimum Gasteiger partial charge on any atom is -0.457 e. The van der Waals surface area contributed by atoms with Crippen molar-refractivity contribution in [2.45, 2.75) is 26.9 Å². The van der Waals surface area contributed by atoms with Crippen molar-refractivity contribution in [3.05, 3.63) is 70.5 Å². The van der Waals surface area contributed by atoms with E-state index in [1.54, 1.807) is 19.1 Å². The number of carbonyl (C=O) groups is 1. The van der Waals surface area contributed by atoms with E-state index in [1.165, 1.54) is 0 Å². The first-order valence-electron chi connectivity index (χ1n) is 6.62.